The summed E-state index contributed by atoms with van der Waals surface area (Å²) in [5.41, 5.74) is 1.64. The molecule has 0 aromatic heterocycles. The first kappa shape index (κ1) is 21.1. The molecule has 3 aliphatic rings. The normalized spacial score (nSPS) is 26.4. The molecule has 2 aliphatic carbocycles. The van der Waals surface area contributed by atoms with Crippen molar-refractivity contribution in [2.75, 3.05) is 26.7 Å². The van der Waals surface area contributed by atoms with Gasteiger partial charge in [-0.05, 0) is 42.9 Å². The fourth-order valence-electron chi connectivity index (χ4n) is 4.91. The second kappa shape index (κ2) is 8.91. The first-order valence-corrected chi connectivity index (χ1v) is 10.9. The number of hydrogen-bond acceptors (Lipinski definition) is 4. The minimum Gasteiger partial charge on any atom is -0.355 e. The summed E-state index contributed by atoms with van der Waals surface area (Å²) in [6.07, 6.45) is 5.15. The van der Waals surface area contributed by atoms with E-state index in [0.717, 1.165) is 12.0 Å². The van der Waals surface area contributed by atoms with Crippen LogP contribution in [0.4, 0.5) is 0 Å². The summed E-state index contributed by atoms with van der Waals surface area (Å²) in [7, 11) is 1.67. The van der Waals surface area contributed by atoms with Crippen LogP contribution < -0.4 is 16.0 Å². The van der Waals surface area contributed by atoms with Gasteiger partial charge < -0.3 is 16.0 Å². The molecule has 1 aliphatic heterocycles. The topological polar surface area (TPSA) is 103 Å². The number of benzene rings is 1. The van der Waals surface area contributed by atoms with E-state index in [2.05, 4.69) is 33.1 Å². The number of imide groups is 1. The van der Waals surface area contributed by atoms with Crippen molar-refractivity contribution in [1.29, 1.82) is 0 Å². The highest BCUT2D eigenvalue weighted by molar-refractivity contribution is 6.06. The minimum atomic E-state index is -0.151. The quantitative estimate of drug-likeness (QED) is 0.262. The van der Waals surface area contributed by atoms with Crippen molar-refractivity contribution in [1.82, 2.24) is 20.9 Å². The van der Waals surface area contributed by atoms with Gasteiger partial charge in [0.15, 0.2) is 5.96 Å². The van der Waals surface area contributed by atoms with Crippen molar-refractivity contribution < 1.29 is 14.4 Å². The molecule has 2 fully saturated rings. The van der Waals surface area contributed by atoms with E-state index in [4.69, 9.17) is 0 Å². The number of hydrogen-bond donors (Lipinski definition) is 3. The van der Waals surface area contributed by atoms with E-state index in [9.17, 15) is 14.4 Å². The Bertz CT molecular complexity index is 894. The van der Waals surface area contributed by atoms with Crippen molar-refractivity contribution in [2.45, 2.75) is 19.9 Å². The van der Waals surface area contributed by atoms with Crippen LogP contribution in [0.1, 0.15) is 29.3 Å². The van der Waals surface area contributed by atoms with E-state index in [0.29, 0.717) is 37.7 Å². The maximum absolute atomic E-state index is 12.7. The van der Waals surface area contributed by atoms with Crippen LogP contribution in [0.5, 0.6) is 0 Å². The van der Waals surface area contributed by atoms with Gasteiger partial charge in [-0.2, -0.15) is 0 Å². The minimum absolute atomic E-state index is 0.0243. The molecular weight excluding hydrogens is 394 g/mol. The molecule has 4 atom stereocenters. The number of fused-ring (bicyclic) bond motifs is 5. The third kappa shape index (κ3) is 4.06. The second-order valence-electron chi connectivity index (χ2n) is 8.24. The molecule has 1 heterocycles. The number of carbonyl (C=O) groups is 3. The van der Waals surface area contributed by atoms with Gasteiger partial charge in [-0.25, -0.2) is 0 Å². The molecule has 164 valence electrons. The predicted molar refractivity (Wildman–Crippen MR) is 117 cm³/mol. The summed E-state index contributed by atoms with van der Waals surface area (Å²) in [5, 5.41) is 9.16. The fraction of sp³-hybridized carbons (Fsp3) is 0.478. The third-order valence-corrected chi connectivity index (χ3v) is 6.43. The molecule has 0 radical (unpaired) electrons. The highest BCUT2D eigenvalue weighted by Crippen LogP contribution is 2.52. The van der Waals surface area contributed by atoms with E-state index in [1.807, 2.05) is 19.1 Å². The molecule has 8 nitrogen and oxygen atoms in total. The van der Waals surface area contributed by atoms with Gasteiger partial charge in [0, 0.05) is 38.8 Å². The van der Waals surface area contributed by atoms with Gasteiger partial charge in [-0.3, -0.25) is 24.3 Å². The Hall–Kier alpha value is -3.16. The lowest BCUT2D eigenvalue weighted by molar-refractivity contribution is -0.140. The summed E-state index contributed by atoms with van der Waals surface area (Å²) < 4.78 is 0. The summed E-state index contributed by atoms with van der Waals surface area (Å²) >= 11 is 0. The maximum atomic E-state index is 12.7. The molecule has 4 rings (SSSR count). The van der Waals surface area contributed by atoms with Crippen molar-refractivity contribution in [3.8, 4) is 0 Å². The number of likely N-dealkylation sites (tertiary alicyclic amines) is 1. The van der Waals surface area contributed by atoms with Crippen molar-refractivity contribution in [3.63, 3.8) is 0 Å². The van der Waals surface area contributed by atoms with Crippen LogP contribution in [-0.2, 0) is 16.1 Å². The lowest BCUT2D eigenvalue weighted by atomic mass is 9.85. The van der Waals surface area contributed by atoms with Gasteiger partial charge in [0.05, 0.1) is 11.8 Å². The van der Waals surface area contributed by atoms with Crippen LogP contribution in [0.3, 0.4) is 0 Å². The number of nitrogens with zero attached hydrogens (tertiary/aromatic N) is 2. The molecule has 3 N–H and O–H groups in total. The van der Waals surface area contributed by atoms with Gasteiger partial charge in [-0.15, -0.1) is 0 Å². The summed E-state index contributed by atoms with van der Waals surface area (Å²) in [4.78, 5) is 42.9. The van der Waals surface area contributed by atoms with Gasteiger partial charge in [0.1, 0.15) is 0 Å². The zero-order valence-corrected chi connectivity index (χ0v) is 17.9. The number of aliphatic imine (C=N–C) groups is 1. The van der Waals surface area contributed by atoms with Crippen molar-refractivity contribution >= 4 is 23.7 Å². The molecule has 1 aromatic rings. The molecule has 1 saturated heterocycles. The molecule has 2 bridgehead atoms. The number of guanidine groups is 1. The van der Waals surface area contributed by atoms with Crippen LogP contribution in [-0.4, -0.2) is 55.3 Å². The van der Waals surface area contributed by atoms with Crippen LogP contribution >= 0.6 is 0 Å². The van der Waals surface area contributed by atoms with Gasteiger partial charge >= 0.3 is 0 Å². The van der Waals surface area contributed by atoms with E-state index in [-0.39, 0.29) is 41.4 Å². The second-order valence-corrected chi connectivity index (χ2v) is 8.24. The Morgan fingerprint density at radius 2 is 1.68 bits per heavy atom. The highest BCUT2D eigenvalue weighted by atomic mass is 16.2. The summed E-state index contributed by atoms with van der Waals surface area (Å²) in [6, 6.07) is 7.38. The number of allylic oxidation sites excluding steroid dienone is 2. The molecule has 1 aromatic carbocycles. The Kier molecular flexibility index (Phi) is 6.06. The van der Waals surface area contributed by atoms with Gasteiger partial charge in [0.2, 0.25) is 11.8 Å². The smallest absolute Gasteiger partial charge is 0.251 e. The Morgan fingerprint density at radius 3 is 2.26 bits per heavy atom. The summed E-state index contributed by atoms with van der Waals surface area (Å²) in [5.74, 6) is 0.626. The first-order chi connectivity index (χ1) is 15.0. The van der Waals surface area contributed by atoms with E-state index in [1.165, 1.54) is 4.90 Å². The Morgan fingerprint density at radius 1 is 1.03 bits per heavy atom. The molecule has 4 unspecified atom stereocenters. The van der Waals surface area contributed by atoms with Crippen LogP contribution in [0.25, 0.3) is 0 Å². The molecule has 0 spiro atoms. The van der Waals surface area contributed by atoms with Crippen LogP contribution in [0, 0.1) is 23.7 Å². The third-order valence-electron chi connectivity index (χ3n) is 6.43. The predicted octanol–water partition coefficient (Wildman–Crippen LogP) is 0.908. The zero-order valence-electron chi connectivity index (χ0n) is 17.9. The van der Waals surface area contributed by atoms with Gasteiger partial charge in [-0.1, -0.05) is 24.3 Å². The zero-order chi connectivity index (χ0) is 22.0. The van der Waals surface area contributed by atoms with Crippen molar-refractivity contribution in [3.05, 3.63) is 47.5 Å². The molecule has 31 heavy (non-hydrogen) atoms. The van der Waals surface area contributed by atoms with E-state index >= 15 is 0 Å². The van der Waals surface area contributed by atoms with Crippen molar-refractivity contribution in [2.24, 2.45) is 28.7 Å². The van der Waals surface area contributed by atoms with E-state index in [1.54, 1.807) is 19.2 Å². The largest absolute Gasteiger partial charge is 0.355 e. The van der Waals surface area contributed by atoms with Crippen LogP contribution in [0.2, 0.25) is 0 Å². The number of amides is 3. The standard InChI is InChI=1S/C23H29N5O3/c1-3-25-20(29)15-6-4-14(5-7-15)13-27-23(24-2)26-10-11-28-21(30)18-16-8-9-17(12-16)19(18)22(28)31/h4-9,16-19H,3,10-13H2,1-2H3,(H,25,29)(H2,24,26,27). The first-order valence-electron chi connectivity index (χ1n) is 10.9. The molecule has 8 heteroatoms. The van der Waals surface area contributed by atoms with Crippen LogP contribution in [0.15, 0.2) is 41.4 Å². The van der Waals surface area contributed by atoms with Gasteiger partial charge in [0.25, 0.3) is 5.91 Å². The molecular formula is C23H29N5O3. The lowest BCUT2D eigenvalue weighted by Gasteiger charge is -2.18. The number of rotatable bonds is 7. The molecule has 3 amide bonds. The number of carbonyl (C=O) groups excluding carboxylic acids is 3. The fourth-order valence-corrected chi connectivity index (χ4v) is 4.91. The lowest BCUT2D eigenvalue weighted by Crippen LogP contribution is -2.43. The maximum Gasteiger partial charge on any atom is 0.251 e. The molecule has 1 saturated carbocycles. The SMILES string of the molecule is CCNC(=O)c1ccc(CNC(=NC)NCCN2C(=O)C3C4C=CC(C4)C3C2=O)cc1. The average Bonchev–Trinajstić information content (AvgIpc) is 3.46. The Labute approximate surface area is 182 Å². The number of nitrogens with one attached hydrogen (secondary N) is 3. The Balaban J connectivity index is 1.24. The average molecular weight is 424 g/mol. The monoisotopic (exact) mass is 423 g/mol. The highest BCUT2D eigenvalue weighted by Gasteiger charge is 2.58. The van der Waals surface area contributed by atoms with E-state index < -0.39 is 0 Å². The summed E-state index contributed by atoms with van der Waals surface area (Å²) in [6.45, 7) is 3.80.